The zero-order valence-corrected chi connectivity index (χ0v) is 13.5. The molecule has 2 N–H and O–H groups in total. The van der Waals surface area contributed by atoms with Crippen LogP contribution in [-0.4, -0.2) is 29.1 Å². The van der Waals surface area contributed by atoms with Crippen LogP contribution in [0.2, 0.25) is 0 Å². The fourth-order valence-corrected chi connectivity index (χ4v) is 3.05. The highest BCUT2D eigenvalue weighted by Crippen LogP contribution is 2.21. The van der Waals surface area contributed by atoms with Gasteiger partial charge in [0.05, 0.1) is 11.4 Å². The van der Waals surface area contributed by atoms with Gasteiger partial charge in [-0.2, -0.15) is 0 Å². The SMILES string of the molecule is CN(C)c1ccc(-n2nnc(CN)c2Cc2cccs2)cc1. The second-order valence-corrected chi connectivity index (χ2v) is 6.30. The molecule has 0 unspecified atom stereocenters. The minimum atomic E-state index is 0.399. The molecule has 0 radical (unpaired) electrons. The van der Waals surface area contributed by atoms with Gasteiger partial charge >= 0.3 is 0 Å². The van der Waals surface area contributed by atoms with Crippen molar-refractivity contribution in [3.05, 3.63) is 58.0 Å². The van der Waals surface area contributed by atoms with Crippen LogP contribution in [-0.2, 0) is 13.0 Å². The summed E-state index contributed by atoms with van der Waals surface area (Å²) in [6.45, 7) is 0.399. The van der Waals surface area contributed by atoms with Crippen LogP contribution in [0.15, 0.2) is 41.8 Å². The summed E-state index contributed by atoms with van der Waals surface area (Å²) in [5.41, 5.74) is 9.88. The Kier molecular flexibility index (Phi) is 4.22. The van der Waals surface area contributed by atoms with Crippen LogP contribution in [0.1, 0.15) is 16.3 Å². The van der Waals surface area contributed by atoms with Crippen molar-refractivity contribution in [2.45, 2.75) is 13.0 Å². The topological polar surface area (TPSA) is 60.0 Å². The van der Waals surface area contributed by atoms with Crippen LogP contribution in [0.4, 0.5) is 5.69 Å². The fraction of sp³-hybridized carbons (Fsp3) is 0.250. The van der Waals surface area contributed by atoms with E-state index in [2.05, 4.69) is 57.0 Å². The van der Waals surface area contributed by atoms with E-state index in [0.717, 1.165) is 29.2 Å². The van der Waals surface area contributed by atoms with Crippen LogP contribution in [0.25, 0.3) is 5.69 Å². The molecule has 0 atom stereocenters. The molecule has 114 valence electrons. The summed E-state index contributed by atoms with van der Waals surface area (Å²) >= 11 is 1.73. The lowest BCUT2D eigenvalue weighted by Crippen LogP contribution is -2.09. The molecular weight excluding hydrogens is 294 g/mol. The van der Waals surface area contributed by atoms with Gasteiger partial charge in [-0.25, -0.2) is 4.68 Å². The quantitative estimate of drug-likeness (QED) is 0.786. The zero-order chi connectivity index (χ0) is 15.5. The maximum absolute atomic E-state index is 5.82. The highest BCUT2D eigenvalue weighted by atomic mass is 32.1. The van der Waals surface area contributed by atoms with E-state index in [1.807, 2.05) is 18.8 Å². The molecule has 0 saturated heterocycles. The molecule has 0 aliphatic carbocycles. The Bertz CT molecular complexity index is 728. The Morgan fingerprint density at radius 1 is 1.18 bits per heavy atom. The minimum Gasteiger partial charge on any atom is -0.378 e. The Labute approximate surface area is 134 Å². The maximum atomic E-state index is 5.82. The molecule has 6 heteroatoms. The predicted molar refractivity (Wildman–Crippen MR) is 90.7 cm³/mol. The summed E-state index contributed by atoms with van der Waals surface area (Å²) in [4.78, 5) is 3.35. The zero-order valence-electron chi connectivity index (χ0n) is 12.7. The first-order valence-corrected chi connectivity index (χ1v) is 8.00. The first-order valence-electron chi connectivity index (χ1n) is 7.12. The van der Waals surface area contributed by atoms with E-state index < -0.39 is 0 Å². The molecule has 22 heavy (non-hydrogen) atoms. The summed E-state index contributed by atoms with van der Waals surface area (Å²) in [6.07, 6.45) is 0.798. The van der Waals surface area contributed by atoms with Crippen molar-refractivity contribution in [2.75, 3.05) is 19.0 Å². The standard InChI is InChI=1S/C16H19N5S/c1-20(2)12-5-7-13(8-6-12)21-16(15(11-17)18-19-21)10-14-4-3-9-22-14/h3-9H,10-11,17H2,1-2H3. The molecule has 1 aromatic carbocycles. The van der Waals surface area contributed by atoms with Gasteiger partial charge in [0.15, 0.2) is 0 Å². The van der Waals surface area contributed by atoms with Gasteiger partial charge in [-0.3, -0.25) is 0 Å². The largest absolute Gasteiger partial charge is 0.378 e. The van der Waals surface area contributed by atoms with Crippen LogP contribution in [0.3, 0.4) is 0 Å². The lowest BCUT2D eigenvalue weighted by atomic mass is 10.2. The van der Waals surface area contributed by atoms with Crippen molar-refractivity contribution >= 4 is 17.0 Å². The van der Waals surface area contributed by atoms with Gasteiger partial charge in [-0.05, 0) is 35.7 Å². The molecule has 0 bridgehead atoms. The maximum Gasteiger partial charge on any atom is 0.100 e. The van der Waals surface area contributed by atoms with Gasteiger partial charge in [-0.15, -0.1) is 16.4 Å². The molecular formula is C16H19N5S. The van der Waals surface area contributed by atoms with E-state index in [1.165, 1.54) is 4.88 Å². The lowest BCUT2D eigenvalue weighted by Gasteiger charge is -2.13. The van der Waals surface area contributed by atoms with Gasteiger partial charge < -0.3 is 10.6 Å². The number of hydrogen-bond donors (Lipinski definition) is 1. The third-order valence-electron chi connectivity index (χ3n) is 3.57. The van der Waals surface area contributed by atoms with E-state index in [0.29, 0.717) is 6.54 Å². The summed E-state index contributed by atoms with van der Waals surface area (Å²) in [5.74, 6) is 0. The van der Waals surface area contributed by atoms with Crippen molar-refractivity contribution in [3.8, 4) is 5.69 Å². The van der Waals surface area contributed by atoms with Gasteiger partial charge in [0.25, 0.3) is 0 Å². The lowest BCUT2D eigenvalue weighted by molar-refractivity contribution is 0.773. The summed E-state index contributed by atoms with van der Waals surface area (Å²) in [7, 11) is 4.05. The van der Waals surface area contributed by atoms with Crippen LogP contribution in [0.5, 0.6) is 0 Å². The Balaban J connectivity index is 1.97. The number of anilines is 1. The molecule has 0 spiro atoms. The normalized spacial score (nSPS) is 10.9. The van der Waals surface area contributed by atoms with E-state index >= 15 is 0 Å². The molecule has 0 aliphatic rings. The Hall–Kier alpha value is -2.18. The first kappa shape index (κ1) is 14.7. The highest BCUT2D eigenvalue weighted by Gasteiger charge is 2.14. The number of nitrogens with zero attached hydrogens (tertiary/aromatic N) is 4. The van der Waals surface area contributed by atoms with E-state index in [9.17, 15) is 0 Å². The number of hydrogen-bond acceptors (Lipinski definition) is 5. The average molecular weight is 313 g/mol. The van der Waals surface area contributed by atoms with E-state index in [4.69, 9.17) is 5.73 Å². The van der Waals surface area contributed by atoms with Crippen molar-refractivity contribution in [1.82, 2.24) is 15.0 Å². The molecule has 0 amide bonds. The van der Waals surface area contributed by atoms with Crippen LogP contribution >= 0.6 is 11.3 Å². The molecule has 3 aromatic rings. The molecule has 0 aliphatic heterocycles. The monoisotopic (exact) mass is 313 g/mol. The van der Waals surface area contributed by atoms with Crippen molar-refractivity contribution < 1.29 is 0 Å². The van der Waals surface area contributed by atoms with Gasteiger partial charge in [-0.1, -0.05) is 11.3 Å². The van der Waals surface area contributed by atoms with Crippen molar-refractivity contribution in [2.24, 2.45) is 5.73 Å². The average Bonchev–Trinajstić information content (AvgIpc) is 3.17. The third-order valence-corrected chi connectivity index (χ3v) is 4.45. The van der Waals surface area contributed by atoms with E-state index in [-0.39, 0.29) is 0 Å². The van der Waals surface area contributed by atoms with Gasteiger partial charge in [0, 0.05) is 37.6 Å². The molecule has 3 rings (SSSR count). The van der Waals surface area contributed by atoms with Crippen LogP contribution in [0, 0.1) is 0 Å². The molecule has 0 saturated carbocycles. The summed E-state index contributed by atoms with van der Waals surface area (Å²) in [5, 5.41) is 10.6. The summed E-state index contributed by atoms with van der Waals surface area (Å²) in [6, 6.07) is 12.5. The van der Waals surface area contributed by atoms with Crippen molar-refractivity contribution in [3.63, 3.8) is 0 Å². The fourth-order valence-electron chi connectivity index (χ4n) is 2.35. The smallest absolute Gasteiger partial charge is 0.100 e. The number of aromatic nitrogens is 3. The van der Waals surface area contributed by atoms with E-state index in [1.54, 1.807) is 11.3 Å². The number of benzene rings is 1. The number of thiophene rings is 1. The van der Waals surface area contributed by atoms with Gasteiger partial charge in [0.2, 0.25) is 0 Å². The second kappa shape index (κ2) is 6.29. The second-order valence-electron chi connectivity index (χ2n) is 5.27. The Morgan fingerprint density at radius 2 is 1.95 bits per heavy atom. The number of rotatable bonds is 5. The molecule has 2 heterocycles. The minimum absolute atomic E-state index is 0.399. The molecule has 5 nitrogen and oxygen atoms in total. The van der Waals surface area contributed by atoms with Gasteiger partial charge in [0.1, 0.15) is 5.69 Å². The predicted octanol–water partition coefficient (Wildman–Crippen LogP) is 2.44. The molecule has 2 aromatic heterocycles. The third kappa shape index (κ3) is 2.88. The molecule has 0 fully saturated rings. The number of nitrogens with two attached hydrogens (primary N) is 1. The van der Waals surface area contributed by atoms with Crippen LogP contribution < -0.4 is 10.6 Å². The van der Waals surface area contributed by atoms with Crippen molar-refractivity contribution in [1.29, 1.82) is 0 Å². The Morgan fingerprint density at radius 3 is 2.55 bits per heavy atom. The first-order chi connectivity index (χ1) is 10.7. The highest BCUT2D eigenvalue weighted by molar-refractivity contribution is 7.09. The summed E-state index contributed by atoms with van der Waals surface area (Å²) < 4.78 is 1.89.